The summed E-state index contributed by atoms with van der Waals surface area (Å²) < 4.78 is 30.5. The van der Waals surface area contributed by atoms with E-state index in [1.54, 1.807) is 40.6 Å². The maximum atomic E-state index is 13.8. The number of anilines is 1. The van der Waals surface area contributed by atoms with Crippen molar-refractivity contribution in [3.8, 4) is 23.0 Å². The highest BCUT2D eigenvalue weighted by Crippen LogP contribution is 2.37. The average molecular weight is 935 g/mol. The van der Waals surface area contributed by atoms with Gasteiger partial charge in [0.25, 0.3) is 5.91 Å². The van der Waals surface area contributed by atoms with E-state index in [1.807, 2.05) is 48.2 Å². The van der Waals surface area contributed by atoms with Crippen LogP contribution in [0.5, 0.6) is 11.5 Å². The van der Waals surface area contributed by atoms with Crippen LogP contribution in [0.25, 0.3) is 44.5 Å². The SMILES string of the molecule is CCn1nc(C)cc1C(=O)Nc1nc2cc(C(N)=O)cc(OCCCO)c2n1CC=CCn1c2nc(-c3cc(C)nn3CC)ncc2c2cc(C(N)=O)cc(OCCOCCOCCC(=O)O)c21. The molecule has 5 aromatic heterocycles. The summed E-state index contributed by atoms with van der Waals surface area (Å²) in [5.74, 6) is -1.58. The number of ether oxygens (including phenoxy) is 4. The number of carboxylic acids is 1. The number of fused-ring (bicyclic) bond motifs is 4. The molecule has 22 nitrogen and oxygen atoms in total. The number of hydrogen-bond donors (Lipinski definition) is 5. The number of carbonyl (C=O) groups is 4. The number of primary amides is 2. The topological polar surface area (TPSA) is 294 Å². The minimum absolute atomic E-state index is 0.0678. The van der Waals surface area contributed by atoms with E-state index in [0.717, 1.165) is 5.69 Å². The predicted octanol–water partition coefficient (Wildman–Crippen LogP) is 4.01. The molecule has 0 atom stereocenters. The fourth-order valence-corrected chi connectivity index (χ4v) is 7.68. The van der Waals surface area contributed by atoms with Crippen LogP contribution in [-0.4, -0.2) is 124 Å². The smallest absolute Gasteiger partial charge is 0.305 e. The molecule has 0 bridgehead atoms. The summed E-state index contributed by atoms with van der Waals surface area (Å²) in [6.07, 6.45) is 5.67. The number of nitrogens with one attached hydrogen (secondary N) is 1. The fourth-order valence-electron chi connectivity index (χ4n) is 7.68. The predicted molar refractivity (Wildman–Crippen MR) is 250 cm³/mol. The van der Waals surface area contributed by atoms with Crippen LogP contribution in [0.3, 0.4) is 0 Å². The van der Waals surface area contributed by atoms with Gasteiger partial charge in [-0.3, -0.25) is 33.9 Å². The van der Waals surface area contributed by atoms with Gasteiger partial charge in [0.1, 0.15) is 40.7 Å². The number of aliphatic hydroxyl groups excluding tert-OH is 1. The normalized spacial score (nSPS) is 11.7. The van der Waals surface area contributed by atoms with Crippen molar-refractivity contribution in [1.29, 1.82) is 0 Å². The molecule has 0 fully saturated rings. The highest BCUT2D eigenvalue weighted by atomic mass is 16.5. The van der Waals surface area contributed by atoms with Gasteiger partial charge in [-0.05, 0) is 64.1 Å². The second-order valence-electron chi connectivity index (χ2n) is 15.6. The van der Waals surface area contributed by atoms with E-state index < -0.39 is 23.7 Å². The second kappa shape index (κ2) is 21.7. The van der Waals surface area contributed by atoms with Gasteiger partial charge in [-0.1, -0.05) is 12.2 Å². The van der Waals surface area contributed by atoms with Gasteiger partial charge in [-0.15, -0.1) is 0 Å². The highest BCUT2D eigenvalue weighted by molar-refractivity contribution is 6.12. The van der Waals surface area contributed by atoms with Crippen molar-refractivity contribution >= 4 is 62.6 Å². The van der Waals surface area contributed by atoms with Crippen LogP contribution in [0.4, 0.5) is 5.95 Å². The highest BCUT2D eigenvalue weighted by Gasteiger charge is 2.24. The summed E-state index contributed by atoms with van der Waals surface area (Å²) >= 11 is 0. The zero-order valence-electron chi connectivity index (χ0n) is 38.2. The first-order valence-electron chi connectivity index (χ1n) is 22.1. The Bertz CT molecular complexity index is 3020. The summed E-state index contributed by atoms with van der Waals surface area (Å²) in [6, 6.07) is 9.87. The van der Waals surface area contributed by atoms with Gasteiger partial charge in [-0.2, -0.15) is 10.2 Å². The fraction of sp³-hybridized carbons (Fsp3) is 0.370. The summed E-state index contributed by atoms with van der Waals surface area (Å²) in [6.45, 7) is 9.64. The molecule has 7 rings (SSSR count). The van der Waals surface area contributed by atoms with Crippen LogP contribution in [0.15, 0.2) is 54.7 Å². The number of hydrogen-bond acceptors (Lipinski definition) is 14. The number of rotatable bonds is 25. The molecule has 0 aliphatic rings. The van der Waals surface area contributed by atoms with Crippen LogP contribution in [-0.2, 0) is 40.4 Å². The monoisotopic (exact) mass is 934 g/mol. The molecule has 22 heteroatoms. The summed E-state index contributed by atoms with van der Waals surface area (Å²) in [4.78, 5) is 64.3. The van der Waals surface area contributed by atoms with Crippen LogP contribution in [0.1, 0.15) is 69.3 Å². The number of aliphatic carboxylic acids is 1. The molecule has 0 radical (unpaired) electrons. The molecule has 0 aliphatic carbocycles. The average Bonchev–Trinajstić information content (AvgIpc) is 4.07. The molecular formula is C46H54N12O10. The van der Waals surface area contributed by atoms with Crippen molar-refractivity contribution in [2.24, 2.45) is 11.5 Å². The van der Waals surface area contributed by atoms with E-state index in [-0.39, 0.29) is 88.6 Å². The lowest BCUT2D eigenvalue weighted by Gasteiger charge is -2.13. The summed E-state index contributed by atoms with van der Waals surface area (Å²) in [5.41, 5.74) is 16.3. The van der Waals surface area contributed by atoms with Gasteiger partial charge in [0.05, 0.1) is 61.9 Å². The zero-order valence-corrected chi connectivity index (χ0v) is 38.2. The Morgan fingerprint density at radius 1 is 0.735 bits per heavy atom. The Hall–Kier alpha value is -7.69. The zero-order chi connectivity index (χ0) is 48.5. The standard InChI is InChI=1S/C46H54N12O10/c1-5-57-34(20-27(3)53-57)43-49-26-32-31-22-29(41(47)62)24-36(68-19-18-66-17-16-65-15-10-38(60)61)39(31)55(44(32)51-43)11-7-8-12-56-40-33(23-30(42(48)63)25-37(40)67-14-9-13-59)50-46(56)52-45(64)35-21-28(4)54-58(35)6-2/h7-8,20-26,59H,5-6,9-19H2,1-4H3,(H2,47,62)(H2,48,63)(H,60,61)(H,50,52,64). The van der Waals surface area contributed by atoms with E-state index in [4.69, 9.17) is 50.5 Å². The van der Waals surface area contributed by atoms with Crippen molar-refractivity contribution in [3.63, 3.8) is 0 Å². The van der Waals surface area contributed by atoms with Crippen LogP contribution >= 0.6 is 0 Å². The minimum atomic E-state index is -0.952. The van der Waals surface area contributed by atoms with E-state index >= 15 is 0 Å². The van der Waals surface area contributed by atoms with E-state index in [2.05, 4.69) is 15.5 Å². The summed E-state index contributed by atoms with van der Waals surface area (Å²) in [5, 5.41) is 31.6. The number of benzene rings is 2. The molecule has 5 heterocycles. The molecule has 7 aromatic rings. The number of aromatic nitrogens is 9. The number of amides is 3. The number of allylic oxidation sites excluding steroid dienone is 2. The number of nitrogens with zero attached hydrogens (tertiary/aromatic N) is 9. The van der Waals surface area contributed by atoms with Gasteiger partial charge in [0.2, 0.25) is 17.8 Å². The first-order valence-corrected chi connectivity index (χ1v) is 22.1. The molecule has 2 aromatic carbocycles. The molecule has 0 spiro atoms. The van der Waals surface area contributed by atoms with Crippen molar-refractivity contribution in [1.82, 2.24) is 43.6 Å². The Balaban J connectivity index is 1.28. The molecule has 0 aliphatic heterocycles. The number of aliphatic hydroxyl groups is 1. The van der Waals surface area contributed by atoms with Crippen molar-refractivity contribution in [3.05, 3.63) is 83.0 Å². The Labute approximate surface area is 389 Å². The third-order valence-electron chi connectivity index (χ3n) is 10.7. The third-order valence-corrected chi connectivity index (χ3v) is 10.7. The van der Waals surface area contributed by atoms with Crippen molar-refractivity contribution < 1.29 is 48.3 Å². The molecule has 358 valence electrons. The van der Waals surface area contributed by atoms with Crippen LogP contribution in [0.2, 0.25) is 0 Å². The minimum Gasteiger partial charge on any atom is -0.491 e. The van der Waals surface area contributed by atoms with Crippen molar-refractivity contribution in [2.45, 2.75) is 66.7 Å². The van der Waals surface area contributed by atoms with Gasteiger partial charge < -0.3 is 49.8 Å². The van der Waals surface area contributed by atoms with Crippen molar-refractivity contribution in [2.75, 3.05) is 51.6 Å². The summed E-state index contributed by atoms with van der Waals surface area (Å²) in [7, 11) is 0. The molecular weight excluding hydrogens is 881 g/mol. The Kier molecular flexibility index (Phi) is 15.4. The molecule has 68 heavy (non-hydrogen) atoms. The quantitative estimate of drug-likeness (QED) is 0.0400. The molecule has 0 saturated carbocycles. The number of carboxylic acid groups (broad SMARTS) is 1. The van der Waals surface area contributed by atoms with Gasteiger partial charge in [-0.25, -0.2) is 15.0 Å². The lowest BCUT2D eigenvalue weighted by Crippen LogP contribution is -2.20. The largest absolute Gasteiger partial charge is 0.491 e. The molecule has 3 amide bonds. The van der Waals surface area contributed by atoms with E-state index in [9.17, 15) is 24.3 Å². The number of carbonyl (C=O) groups excluding carboxylic acids is 3. The number of aryl methyl sites for hydroxylation is 4. The lowest BCUT2D eigenvalue weighted by atomic mass is 10.1. The van der Waals surface area contributed by atoms with Crippen LogP contribution < -0.4 is 26.3 Å². The van der Waals surface area contributed by atoms with Gasteiger partial charge >= 0.3 is 5.97 Å². The Morgan fingerprint density at radius 2 is 1.37 bits per heavy atom. The first kappa shape index (κ1) is 48.2. The van der Waals surface area contributed by atoms with E-state index in [0.29, 0.717) is 81.1 Å². The number of nitrogens with two attached hydrogens (primary N) is 2. The molecule has 0 unspecified atom stereocenters. The maximum absolute atomic E-state index is 13.8. The molecule has 0 saturated heterocycles. The lowest BCUT2D eigenvalue weighted by molar-refractivity contribution is -0.138. The number of imidazole rings is 1. The maximum Gasteiger partial charge on any atom is 0.305 e. The van der Waals surface area contributed by atoms with Gasteiger partial charge in [0.15, 0.2) is 5.82 Å². The molecule has 7 N–H and O–H groups in total. The van der Waals surface area contributed by atoms with E-state index in [1.165, 1.54) is 12.1 Å². The van der Waals surface area contributed by atoms with Crippen LogP contribution in [0, 0.1) is 13.8 Å². The van der Waals surface area contributed by atoms with Gasteiger partial charge in [0, 0.05) is 67.3 Å². The third kappa shape index (κ3) is 10.8. The first-order chi connectivity index (χ1) is 32.8. The second-order valence-corrected chi connectivity index (χ2v) is 15.6. The Morgan fingerprint density at radius 3 is 2.06 bits per heavy atom.